The van der Waals surface area contributed by atoms with Gasteiger partial charge in [-0.25, -0.2) is 0 Å². The number of carbonyl (C=O) groups is 1. The van der Waals surface area contributed by atoms with Crippen LogP contribution in [0.1, 0.15) is 58.8 Å². The number of piperazine rings is 1. The number of hydrogen-bond donors (Lipinski definition) is 1. The number of benzene rings is 2. The zero-order valence-electron chi connectivity index (χ0n) is 18.9. The van der Waals surface area contributed by atoms with Crippen molar-refractivity contribution < 1.29 is 9.90 Å². The minimum absolute atomic E-state index is 0.0764. The molecule has 2 aliphatic heterocycles. The average molecular weight is 422 g/mol. The molecular weight excluding hydrogens is 386 g/mol. The summed E-state index contributed by atoms with van der Waals surface area (Å²) in [6, 6.07) is 14.6. The van der Waals surface area contributed by atoms with Crippen LogP contribution in [0.5, 0.6) is 0 Å². The fourth-order valence-electron chi connectivity index (χ4n) is 4.68. The molecule has 1 atom stereocenters. The maximum absolute atomic E-state index is 13.2. The molecule has 0 aromatic heterocycles. The molecule has 2 aliphatic rings. The van der Waals surface area contributed by atoms with Gasteiger partial charge in [0, 0.05) is 63.1 Å². The highest BCUT2D eigenvalue weighted by molar-refractivity contribution is 5.95. The van der Waals surface area contributed by atoms with E-state index in [9.17, 15) is 9.90 Å². The van der Waals surface area contributed by atoms with E-state index < -0.39 is 6.10 Å². The third-order valence-corrected chi connectivity index (χ3v) is 6.70. The summed E-state index contributed by atoms with van der Waals surface area (Å²) in [6.07, 6.45) is 3.55. The van der Waals surface area contributed by atoms with Gasteiger partial charge >= 0.3 is 0 Å². The molecule has 1 amide bonds. The van der Waals surface area contributed by atoms with Crippen LogP contribution in [0, 0.1) is 6.92 Å². The first-order chi connectivity index (χ1) is 15.0. The van der Waals surface area contributed by atoms with Crippen molar-refractivity contribution in [3.63, 3.8) is 0 Å². The minimum atomic E-state index is -0.505. The summed E-state index contributed by atoms with van der Waals surface area (Å²) >= 11 is 0. The standard InChI is InChI=1S/C26H35N3O2/c1-20-7-9-21(10-8-20)19-28-14-16-29(17-15-28)26(31)22-11-12-24-23(18-22)25(30)6-4-3-5-13-27(24)2/h7-12,18,25,30H,3-6,13-17,19H2,1-2H3. The SMILES string of the molecule is Cc1ccc(CN2CCN(C(=O)c3ccc4c(c3)C(O)CCCCCN4C)CC2)cc1. The third kappa shape index (κ3) is 5.28. The fourth-order valence-corrected chi connectivity index (χ4v) is 4.68. The summed E-state index contributed by atoms with van der Waals surface area (Å²) < 4.78 is 0. The number of fused-ring (bicyclic) bond motifs is 1. The van der Waals surface area contributed by atoms with Crippen LogP contribution in [0.15, 0.2) is 42.5 Å². The van der Waals surface area contributed by atoms with Crippen molar-refractivity contribution in [2.24, 2.45) is 0 Å². The number of aliphatic hydroxyl groups is 1. The smallest absolute Gasteiger partial charge is 0.253 e. The number of aliphatic hydroxyl groups excluding tert-OH is 1. The van der Waals surface area contributed by atoms with Crippen molar-refractivity contribution in [2.45, 2.75) is 45.3 Å². The quantitative estimate of drug-likeness (QED) is 0.814. The molecule has 31 heavy (non-hydrogen) atoms. The first-order valence-electron chi connectivity index (χ1n) is 11.6. The van der Waals surface area contributed by atoms with Gasteiger partial charge in [0.25, 0.3) is 5.91 Å². The van der Waals surface area contributed by atoms with Crippen LogP contribution in [-0.4, -0.2) is 60.6 Å². The Morgan fingerprint density at radius 1 is 0.968 bits per heavy atom. The molecule has 5 nitrogen and oxygen atoms in total. The summed E-state index contributed by atoms with van der Waals surface area (Å²) in [5, 5.41) is 10.8. The topological polar surface area (TPSA) is 47.0 Å². The van der Waals surface area contributed by atoms with E-state index in [1.54, 1.807) is 0 Å². The molecule has 2 aromatic rings. The van der Waals surface area contributed by atoms with Gasteiger partial charge in [0.15, 0.2) is 0 Å². The third-order valence-electron chi connectivity index (χ3n) is 6.70. The maximum atomic E-state index is 13.2. The summed E-state index contributed by atoms with van der Waals surface area (Å²) in [5.74, 6) is 0.0764. The second-order valence-corrected chi connectivity index (χ2v) is 9.11. The van der Waals surface area contributed by atoms with Crippen LogP contribution in [0.4, 0.5) is 5.69 Å². The van der Waals surface area contributed by atoms with Crippen LogP contribution in [0.2, 0.25) is 0 Å². The van der Waals surface area contributed by atoms with Crippen molar-refractivity contribution in [1.82, 2.24) is 9.80 Å². The molecule has 0 bridgehead atoms. The lowest BCUT2D eigenvalue weighted by Crippen LogP contribution is -2.48. The molecule has 0 aliphatic carbocycles. The Hall–Kier alpha value is -2.37. The van der Waals surface area contributed by atoms with Crippen LogP contribution in [0.25, 0.3) is 0 Å². The van der Waals surface area contributed by atoms with Crippen molar-refractivity contribution in [2.75, 3.05) is 44.7 Å². The Labute approximate surface area is 186 Å². The van der Waals surface area contributed by atoms with E-state index in [1.807, 2.05) is 23.1 Å². The predicted molar refractivity (Wildman–Crippen MR) is 125 cm³/mol. The Kier molecular flexibility index (Phi) is 6.93. The van der Waals surface area contributed by atoms with E-state index in [-0.39, 0.29) is 5.91 Å². The van der Waals surface area contributed by atoms with Gasteiger partial charge in [-0.2, -0.15) is 0 Å². The minimum Gasteiger partial charge on any atom is -0.388 e. The van der Waals surface area contributed by atoms with Gasteiger partial charge in [0.05, 0.1) is 6.10 Å². The van der Waals surface area contributed by atoms with E-state index >= 15 is 0 Å². The van der Waals surface area contributed by atoms with Gasteiger partial charge in [-0.15, -0.1) is 0 Å². The van der Waals surface area contributed by atoms with Gasteiger partial charge < -0.3 is 14.9 Å². The van der Waals surface area contributed by atoms with Crippen LogP contribution < -0.4 is 4.90 Å². The van der Waals surface area contributed by atoms with Gasteiger partial charge in [0.1, 0.15) is 0 Å². The Morgan fingerprint density at radius 3 is 2.45 bits per heavy atom. The number of aryl methyl sites for hydroxylation is 1. The largest absolute Gasteiger partial charge is 0.388 e. The summed E-state index contributed by atoms with van der Waals surface area (Å²) in [4.78, 5) is 19.8. The monoisotopic (exact) mass is 421 g/mol. The highest BCUT2D eigenvalue weighted by Crippen LogP contribution is 2.32. The van der Waals surface area contributed by atoms with Crippen molar-refractivity contribution >= 4 is 11.6 Å². The van der Waals surface area contributed by atoms with E-state index in [2.05, 4.69) is 48.0 Å². The van der Waals surface area contributed by atoms with Crippen LogP contribution in [-0.2, 0) is 6.54 Å². The zero-order chi connectivity index (χ0) is 21.8. The van der Waals surface area contributed by atoms with Crippen molar-refractivity contribution in [1.29, 1.82) is 0 Å². The molecule has 0 spiro atoms. The number of hydrogen-bond acceptors (Lipinski definition) is 4. The normalized spacial score (nSPS) is 20.5. The number of amides is 1. The van der Waals surface area contributed by atoms with Gasteiger partial charge in [-0.1, -0.05) is 42.7 Å². The second kappa shape index (κ2) is 9.84. The number of anilines is 1. The van der Waals surface area contributed by atoms with Crippen molar-refractivity contribution in [3.05, 3.63) is 64.7 Å². The molecular formula is C26H35N3O2. The van der Waals surface area contributed by atoms with Crippen molar-refractivity contribution in [3.8, 4) is 0 Å². The zero-order valence-corrected chi connectivity index (χ0v) is 18.9. The van der Waals surface area contributed by atoms with E-state index in [0.717, 1.165) is 76.2 Å². The number of rotatable bonds is 3. The first-order valence-corrected chi connectivity index (χ1v) is 11.6. The highest BCUT2D eigenvalue weighted by atomic mass is 16.3. The molecule has 166 valence electrons. The van der Waals surface area contributed by atoms with Gasteiger partial charge in [-0.3, -0.25) is 9.69 Å². The van der Waals surface area contributed by atoms with Gasteiger partial charge in [0.2, 0.25) is 0 Å². The number of nitrogens with zero attached hydrogens (tertiary/aromatic N) is 3. The molecule has 2 aromatic carbocycles. The highest BCUT2D eigenvalue weighted by Gasteiger charge is 2.24. The summed E-state index contributed by atoms with van der Waals surface area (Å²) in [6.45, 7) is 7.27. The molecule has 5 heteroatoms. The molecule has 1 saturated heterocycles. The average Bonchev–Trinajstić information content (AvgIpc) is 2.85. The lowest BCUT2D eigenvalue weighted by molar-refractivity contribution is 0.0628. The molecule has 2 heterocycles. The van der Waals surface area contributed by atoms with E-state index in [4.69, 9.17) is 0 Å². The Morgan fingerprint density at radius 2 is 1.71 bits per heavy atom. The predicted octanol–water partition coefficient (Wildman–Crippen LogP) is 4.00. The maximum Gasteiger partial charge on any atom is 0.253 e. The molecule has 1 N–H and O–H groups in total. The number of carbonyl (C=O) groups excluding carboxylic acids is 1. The first kappa shape index (κ1) is 21.8. The van der Waals surface area contributed by atoms with Crippen LogP contribution in [0.3, 0.4) is 0 Å². The molecule has 1 unspecified atom stereocenters. The Balaban J connectivity index is 1.41. The lowest BCUT2D eigenvalue weighted by Gasteiger charge is -2.35. The van der Waals surface area contributed by atoms with E-state index in [1.165, 1.54) is 11.1 Å². The molecule has 0 radical (unpaired) electrons. The van der Waals surface area contributed by atoms with E-state index in [0.29, 0.717) is 5.56 Å². The van der Waals surface area contributed by atoms with Crippen LogP contribution >= 0.6 is 0 Å². The molecule has 4 rings (SSSR count). The molecule has 1 fully saturated rings. The lowest BCUT2D eigenvalue weighted by atomic mass is 9.99. The summed E-state index contributed by atoms with van der Waals surface area (Å²) in [7, 11) is 2.08. The Bertz CT molecular complexity index is 888. The molecule has 0 saturated carbocycles. The second-order valence-electron chi connectivity index (χ2n) is 9.11. The fraction of sp³-hybridized carbons (Fsp3) is 0.500. The summed E-state index contributed by atoms with van der Waals surface area (Å²) in [5.41, 5.74) is 5.24. The van der Waals surface area contributed by atoms with Gasteiger partial charge in [-0.05, 0) is 43.5 Å².